The standard InChI is InChI=1S/C15H22N2O2/c1-10-5-13-14(19-9-18-13)6-12(10)17(4)11-7-15(2,3)16-8-11/h5-6,11,16H,7-9H2,1-4H3. The summed E-state index contributed by atoms with van der Waals surface area (Å²) in [5.74, 6) is 1.72. The molecule has 0 aromatic heterocycles. The first-order valence-electron chi connectivity index (χ1n) is 6.84. The quantitative estimate of drug-likeness (QED) is 0.886. The number of ether oxygens (including phenoxy) is 2. The SMILES string of the molecule is Cc1cc2c(cc1N(C)C1CNC(C)(C)C1)OCO2. The smallest absolute Gasteiger partial charge is 0.231 e. The molecule has 0 aliphatic carbocycles. The zero-order valence-electron chi connectivity index (χ0n) is 12.1. The molecule has 2 heterocycles. The van der Waals surface area contributed by atoms with Crippen LogP contribution in [0.25, 0.3) is 0 Å². The van der Waals surface area contributed by atoms with Crippen molar-refractivity contribution in [2.45, 2.75) is 38.8 Å². The Morgan fingerprint density at radius 1 is 1.26 bits per heavy atom. The van der Waals surface area contributed by atoms with Crippen LogP contribution in [-0.4, -0.2) is 32.0 Å². The van der Waals surface area contributed by atoms with Crippen LogP contribution < -0.4 is 19.7 Å². The van der Waals surface area contributed by atoms with Gasteiger partial charge in [0.2, 0.25) is 6.79 Å². The third-order valence-corrected chi connectivity index (χ3v) is 4.18. The van der Waals surface area contributed by atoms with Crippen LogP contribution in [0.15, 0.2) is 12.1 Å². The van der Waals surface area contributed by atoms with E-state index in [1.54, 1.807) is 0 Å². The summed E-state index contributed by atoms with van der Waals surface area (Å²) in [7, 11) is 2.16. The van der Waals surface area contributed by atoms with Crippen LogP contribution in [0.2, 0.25) is 0 Å². The van der Waals surface area contributed by atoms with Crippen molar-refractivity contribution in [3.63, 3.8) is 0 Å². The van der Waals surface area contributed by atoms with Crippen LogP contribution in [0.3, 0.4) is 0 Å². The molecule has 1 aromatic carbocycles. The van der Waals surface area contributed by atoms with Crippen molar-refractivity contribution in [1.82, 2.24) is 5.32 Å². The van der Waals surface area contributed by atoms with Crippen LogP contribution in [-0.2, 0) is 0 Å². The lowest BCUT2D eigenvalue weighted by molar-refractivity contribution is 0.174. The highest BCUT2D eigenvalue weighted by Crippen LogP contribution is 2.39. The maximum atomic E-state index is 5.48. The van der Waals surface area contributed by atoms with Gasteiger partial charge in [0.05, 0.1) is 0 Å². The fraction of sp³-hybridized carbons (Fsp3) is 0.600. The van der Waals surface area contributed by atoms with Crippen LogP contribution >= 0.6 is 0 Å². The molecule has 1 unspecified atom stereocenters. The number of benzene rings is 1. The number of hydrogen-bond acceptors (Lipinski definition) is 4. The predicted octanol–water partition coefficient (Wildman–Crippen LogP) is 2.30. The molecule has 1 fully saturated rings. The minimum absolute atomic E-state index is 0.225. The van der Waals surface area contributed by atoms with E-state index in [0.29, 0.717) is 12.8 Å². The summed E-state index contributed by atoms with van der Waals surface area (Å²) in [6, 6.07) is 4.69. The Balaban J connectivity index is 1.86. The monoisotopic (exact) mass is 262 g/mol. The highest BCUT2D eigenvalue weighted by molar-refractivity contribution is 5.62. The minimum atomic E-state index is 0.225. The van der Waals surface area contributed by atoms with Crippen molar-refractivity contribution in [2.75, 3.05) is 25.3 Å². The van der Waals surface area contributed by atoms with Gasteiger partial charge in [-0.15, -0.1) is 0 Å². The number of hydrogen-bond donors (Lipinski definition) is 1. The Bertz CT molecular complexity index is 499. The molecular weight excluding hydrogens is 240 g/mol. The van der Waals surface area contributed by atoms with Crippen molar-refractivity contribution >= 4 is 5.69 Å². The van der Waals surface area contributed by atoms with Gasteiger partial charge >= 0.3 is 0 Å². The van der Waals surface area contributed by atoms with Crippen molar-refractivity contribution in [1.29, 1.82) is 0 Å². The third kappa shape index (κ3) is 2.25. The number of fused-ring (bicyclic) bond motifs is 1. The van der Waals surface area contributed by atoms with Gasteiger partial charge in [0.1, 0.15) is 0 Å². The van der Waals surface area contributed by atoms with E-state index in [1.807, 2.05) is 0 Å². The second-order valence-electron chi connectivity index (χ2n) is 6.23. The summed E-state index contributed by atoms with van der Waals surface area (Å²) in [6.07, 6.45) is 1.15. The molecule has 0 spiro atoms. The topological polar surface area (TPSA) is 33.7 Å². The van der Waals surface area contributed by atoms with E-state index in [9.17, 15) is 0 Å². The fourth-order valence-electron chi connectivity index (χ4n) is 3.01. The van der Waals surface area contributed by atoms with E-state index in [2.05, 4.69) is 50.2 Å². The van der Waals surface area contributed by atoms with Crippen molar-refractivity contribution in [2.24, 2.45) is 0 Å². The number of rotatable bonds is 2. The van der Waals surface area contributed by atoms with Crippen LogP contribution in [0.1, 0.15) is 25.8 Å². The van der Waals surface area contributed by atoms with E-state index >= 15 is 0 Å². The summed E-state index contributed by atoms with van der Waals surface area (Å²) in [6.45, 7) is 8.00. The summed E-state index contributed by atoms with van der Waals surface area (Å²) in [4.78, 5) is 2.36. The zero-order chi connectivity index (χ0) is 13.6. The van der Waals surface area contributed by atoms with Gasteiger partial charge in [0.15, 0.2) is 11.5 Å². The normalized spacial score (nSPS) is 23.7. The number of nitrogens with one attached hydrogen (secondary N) is 1. The predicted molar refractivity (Wildman–Crippen MR) is 76.2 cm³/mol. The second kappa shape index (κ2) is 4.30. The summed E-state index contributed by atoms with van der Waals surface area (Å²) in [5.41, 5.74) is 2.69. The molecule has 1 N–H and O–H groups in total. The lowest BCUT2D eigenvalue weighted by Gasteiger charge is -2.28. The maximum Gasteiger partial charge on any atom is 0.231 e. The highest BCUT2D eigenvalue weighted by atomic mass is 16.7. The molecule has 19 heavy (non-hydrogen) atoms. The number of likely N-dealkylation sites (N-methyl/N-ethyl adjacent to an activating group) is 1. The van der Waals surface area contributed by atoms with Crippen molar-refractivity contribution in [3.05, 3.63) is 17.7 Å². The van der Waals surface area contributed by atoms with Gasteiger partial charge in [0.25, 0.3) is 0 Å². The molecule has 1 atom stereocenters. The Hall–Kier alpha value is -1.42. The van der Waals surface area contributed by atoms with Gasteiger partial charge in [-0.3, -0.25) is 0 Å². The molecule has 0 radical (unpaired) electrons. The summed E-state index contributed by atoms with van der Waals surface area (Å²) >= 11 is 0. The Morgan fingerprint density at radius 2 is 1.95 bits per heavy atom. The van der Waals surface area contributed by atoms with Gasteiger partial charge < -0.3 is 19.7 Å². The Kier molecular flexibility index (Phi) is 2.86. The first kappa shape index (κ1) is 12.6. The second-order valence-corrected chi connectivity index (χ2v) is 6.23. The number of aryl methyl sites for hydroxylation is 1. The van der Waals surface area contributed by atoms with E-state index in [4.69, 9.17) is 9.47 Å². The highest BCUT2D eigenvalue weighted by Gasteiger charge is 2.33. The molecule has 104 valence electrons. The summed E-state index contributed by atoms with van der Waals surface area (Å²) < 4.78 is 10.9. The largest absolute Gasteiger partial charge is 0.454 e. The zero-order valence-corrected chi connectivity index (χ0v) is 12.1. The van der Waals surface area contributed by atoms with E-state index in [1.165, 1.54) is 11.3 Å². The molecule has 0 amide bonds. The molecule has 0 bridgehead atoms. The van der Waals surface area contributed by atoms with E-state index < -0.39 is 0 Å². The lowest BCUT2D eigenvalue weighted by atomic mass is 10.00. The summed E-state index contributed by atoms with van der Waals surface area (Å²) in [5, 5.41) is 3.57. The van der Waals surface area contributed by atoms with Crippen LogP contribution in [0, 0.1) is 6.92 Å². The minimum Gasteiger partial charge on any atom is -0.454 e. The molecular formula is C15H22N2O2. The van der Waals surface area contributed by atoms with Gasteiger partial charge in [-0.2, -0.15) is 0 Å². The van der Waals surface area contributed by atoms with Crippen molar-refractivity contribution < 1.29 is 9.47 Å². The molecule has 1 saturated heterocycles. The molecule has 0 saturated carbocycles. The molecule has 3 rings (SSSR count). The van der Waals surface area contributed by atoms with Gasteiger partial charge in [-0.1, -0.05) is 0 Å². The Labute approximate surface area is 114 Å². The van der Waals surface area contributed by atoms with Crippen LogP contribution in [0.4, 0.5) is 5.69 Å². The number of nitrogens with zero attached hydrogens (tertiary/aromatic N) is 1. The van der Waals surface area contributed by atoms with E-state index in [-0.39, 0.29) is 5.54 Å². The average Bonchev–Trinajstić information content (AvgIpc) is 2.93. The molecule has 2 aliphatic rings. The molecule has 4 nitrogen and oxygen atoms in total. The first-order valence-corrected chi connectivity index (χ1v) is 6.84. The lowest BCUT2D eigenvalue weighted by Crippen LogP contribution is -2.33. The number of anilines is 1. The Morgan fingerprint density at radius 3 is 2.58 bits per heavy atom. The van der Waals surface area contributed by atoms with Crippen LogP contribution in [0.5, 0.6) is 11.5 Å². The maximum absolute atomic E-state index is 5.48. The third-order valence-electron chi connectivity index (χ3n) is 4.18. The van der Waals surface area contributed by atoms with Crippen molar-refractivity contribution in [3.8, 4) is 11.5 Å². The fourth-order valence-corrected chi connectivity index (χ4v) is 3.01. The van der Waals surface area contributed by atoms with Gasteiger partial charge in [0, 0.05) is 36.9 Å². The van der Waals surface area contributed by atoms with E-state index in [0.717, 1.165) is 24.5 Å². The van der Waals surface area contributed by atoms with Gasteiger partial charge in [-0.05, 0) is 38.8 Å². The first-order chi connectivity index (χ1) is 8.96. The average molecular weight is 262 g/mol. The molecule has 4 heteroatoms. The molecule has 2 aliphatic heterocycles. The molecule has 1 aromatic rings. The van der Waals surface area contributed by atoms with Gasteiger partial charge in [-0.25, -0.2) is 0 Å².